The van der Waals surface area contributed by atoms with E-state index in [1.807, 2.05) is 20.9 Å². The quantitative estimate of drug-likeness (QED) is 0.344. The van der Waals surface area contributed by atoms with Crippen molar-refractivity contribution >= 4 is 29.3 Å². The lowest BCUT2D eigenvalue weighted by Crippen LogP contribution is -2.59. The lowest BCUT2D eigenvalue weighted by molar-refractivity contribution is -0.140. The van der Waals surface area contributed by atoms with Gasteiger partial charge >= 0.3 is 0 Å². The Kier molecular flexibility index (Phi) is 11.9. The van der Waals surface area contributed by atoms with Crippen molar-refractivity contribution in [2.45, 2.75) is 97.3 Å². The fraction of sp³-hybridized carbons (Fsp3) is 0.618. The third kappa shape index (κ3) is 8.31. The van der Waals surface area contributed by atoms with Crippen molar-refractivity contribution < 1.29 is 23.6 Å². The van der Waals surface area contributed by atoms with Gasteiger partial charge in [-0.2, -0.15) is 5.10 Å². The van der Waals surface area contributed by atoms with Crippen LogP contribution in [0.2, 0.25) is 0 Å². The largest absolute Gasteiger partial charge is 0.344 e. The molecule has 0 radical (unpaired) electrons. The molecule has 1 aromatic heterocycles. The van der Waals surface area contributed by atoms with Crippen molar-refractivity contribution in [2.75, 3.05) is 32.0 Å². The Labute approximate surface area is 271 Å². The first kappa shape index (κ1) is 35.1. The zero-order valence-electron chi connectivity index (χ0n) is 28.0. The maximum Gasteiger partial charge on any atom is 0.270 e. The molecular formula is C34H50FN7O4. The molecule has 2 fully saturated rings. The molecule has 3 N–H and O–H groups in total. The fourth-order valence-electron chi connectivity index (χ4n) is 6.65. The highest BCUT2D eigenvalue weighted by Gasteiger charge is 2.36. The van der Waals surface area contributed by atoms with Gasteiger partial charge in [0.2, 0.25) is 17.7 Å². The number of anilines is 1. The first-order valence-corrected chi connectivity index (χ1v) is 16.6. The van der Waals surface area contributed by atoms with Crippen LogP contribution in [0.1, 0.15) is 88.7 Å². The number of nitrogens with one attached hydrogen (secondary N) is 3. The molecule has 46 heavy (non-hydrogen) atoms. The monoisotopic (exact) mass is 639 g/mol. The molecule has 0 unspecified atom stereocenters. The molecule has 1 aliphatic heterocycles. The number of rotatable bonds is 11. The molecule has 4 amide bonds. The molecule has 11 nitrogen and oxygen atoms in total. The number of carbonyl (C=O) groups is 4. The number of hydrogen-bond acceptors (Lipinski definition) is 6. The number of amides is 4. The van der Waals surface area contributed by atoms with Crippen LogP contribution in [0.3, 0.4) is 0 Å². The molecular weight excluding hydrogens is 589 g/mol. The molecule has 1 aromatic carbocycles. The molecule has 0 bridgehead atoms. The molecule has 1 saturated heterocycles. The van der Waals surface area contributed by atoms with Crippen LogP contribution in [0.25, 0.3) is 0 Å². The second-order valence-corrected chi connectivity index (χ2v) is 13.1. The zero-order valence-corrected chi connectivity index (χ0v) is 28.0. The van der Waals surface area contributed by atoms with Gasteiger partial charge < -0.3 is 25.8 Å². The van der Waals surface area contributed by atoms with E-state index in [-0.39, 0.29) is 35.9 Å². The highest BCUT2D eigenvalue weighted by Crippen LogP contribution is 2.32. The predicted octanol–water partition coefficient (Wildman–Crippen LogP) is 3.77. The number of hydrogen-bond donors (Lipinski definition) is 3. The lowest BCUT2D eigenvalue weighted by Gasteiger charge is -2.41. The van der Waals surface area contributed by atoms with E-state index in [1.54, 1.807) is 41.8 Å². The summed E-state index contributed by atoms with van der Waals surface area (Å²) in [6, 6.07) is 4.32. The Morgan fingerprint density at radius 1 is 1.02 bits per heavy atom. The van der Waals surface area contributed by atoms with Crippen LogP contribution in [-0.2, 0) is 20.9 Å². The first-order chi connectivity index (χ1) is 21.9. The summed E-state index contributed by atoms with van der Waals surface area (Å²) in [4.78, 5) is 57.1. The maximum atomic E-state index is 15.7. The molecule has 2 heterocycles. The van der Waals surface area contributed by atoms with Gasteiger partial charge in [0.05, 0.1) is 5.69 Å². The highest BCUT2D eigenvalue weighted by atomic mass is 19.1. The van der Waals surface area contributed by atoms with Gasteiger partial charge in [-0.15, -0.1) is 0 Å². The number of likely N-dealkylation sites (N-methyl/N-ethyl adjacent to an activating group) is 1. The number of aromatic nitrogens is 2. The maximum absolute atomic E-state index is 15.7. The normalized spacial score (nSPS) is 22.4. The molecule has 1 saturated carbocycles. The highest BCUT2D eigenvalue weighted by molar-refractivity contribution is 6.00. The van der Waals surface area contributed by atoms with E-state index in [4.69, 9.17) is 0 Å². The molecule has 4 atom stereocenters. The van der Waals surface area contributed by atoms with E-state index in [1.165, 1.54) is 12.1 Å². The molecule has 252 valence electrons. The van der Waals surface area contributed by atoms with E-state index >= 15 is 4.39 Å². The summed E-state index contributed by atoms with van der Waals surface area (Å²) in [6.45, 7) is 12.1. The number of carbonyl (C=O) groups excluding carboxylic acids is 4. The summed E-state index contributed by atoms with van der Waals surface area (Å²) in [6.07, 6.45) is 5.20. The predicted molar refractivity (Wildman–Crippen MR) is 175 cm³/mol. The van der Waals surface area contributed by atoms with Crippen molar-refractivity contribution in [3.63, 3.8) is 0 Å². The average Bonchev–Trinajstić information content (AvgIpc) is 3.52. The number of halogens is 1. The van der Waals surface area contributed by atoms with E-state index in [0.717, 1.165) is 38.8 Å². The van der Waals surface area contributed by atoms with Crippen LogP contribution in [0, 0.1) is 17.7 Å². The van der Waals surface area contributed by atoms with Crippen molar-refractivity contribution in [3.8, 4) is 0 Å². The van der Waals surface area contributed by atoms with Crippen LogP contribution in [0.15, 0.2) is 30.5 Å². The molecule has 4 rings (SSSR count). The van der Waals surface area contributed by atoms with Gasteiger partial charge in [0.15, 0.2) is 0 Å². The lowest BCUT2D eigenvalue weighted by atomic mass is 9.79. The molecule has 2 aromatic rings. The Morgan fingerprint density at radius 3 is 2.37 bits per heavy atom. The second kappa shape index (κ2) is 15.7. The summed E-state index contributed by atoms with van der Waals surface area (Å²) < 4.78 is 17.2. The van der Waals surface area contributed by atoms with Crippen LogP contribution in [0.4, 0.5) is 10.1 Å². The van der Waals surface area contributed by atoms with Gasteiger partial charge in [0.1, 0.15) is 23.6 Å². The van der Waals surface area contributed by atoms with E-state index in [9.17, 15) is 19.2 Å². The van der Waals surface area contributed by atoms with Crippen LogP contribution in [0.5, 0.6) is 0 Å². The summed E-state index contributed by atoms with van der Waals surface area (Å²) in [7, 11) is 2.01. The standard InChI is InChI=1S/C34H50FN7O4/c1-7-29(43)38-30(34(46)41-18-17-40(6)20-22(41)4)23(5)25-13-14-27(26(35)19-25)37-33(45)31(24-11-9-21(3)10-12-24)39-32(44)28-15-16-36-42(28)8-2/h13-16,19,21-24,30-31H,7-12,17-18,20H2,1-6H3,(H,37,45)(H,38,43)(H,39,44)/t21-,22-,23-,24-,30+,31-/m0/s1. The minimum atomic E-state index is -0.872. The third-order valence-electron chi connectivity index (χ3n) is 9.64. The average molecular weight is 640 g/mol. The Hall–Kier alpha value is -3.80. The number of nitrogens with zero attached hydrogens (tertiary/aromatic N) is 4. The van der Waals surface area contributed by atoms with Gasteiger partial charge in [-0.25, -0.2) is 4.39 Å². The summed E-state index contributed by atoms with van der Waals surface area (Å²) in [5.41, 5.74) is 0.862. The van der Waals surface area contributed by atoms with Crippen LogP contribution >= 0.6 is 0 Å². The smallest absolute Gasteiger partial charge is 0.270 e. The van der Waals surface area contributed by atoms with E-state index in [0.29, 0.717) is 30.3 Å². The van der Waals surface area contributed by atoms with Crippen molar-refractivity contribution in [1.82, 2.24) is 30.2 Å². The van der Waals surface area contributed by atoms with Gasteiger partial charge in [0.25, 0.3) is 5.91 Å². The summed E-state index contributed by atoms with van der Waals surface area (Å²) >= 11 is 0. The summed E-state index contributed by atoms with van der Waals surface area (Å²) in [5, 5.41) is 12.7. The molecule has 12 heteroatoms. The Balaban J connectivity index is 1.53. The molecule has 2 aliphatic rings. The SMILES string of the molecule is CCC(=O)N[C@@H](C(=O)N1CCN(C)C[C@@H]1C)[C@@H](C)c1ccc(NC(=O)[C@@H](NC(=O)c2ccnn2CC)[C@H]2CC[C@H](C)CC2)c(F)c1. The fourth-order valence-corrected chi connectivity index (χ4v) is 6.65. The number of benzene rings is 1. The second-order valence-electron chi connectivity index (χ2n) is 13.1. The number of aryl methyl sites for hydroxylation is 1. The van der Waals surface area contributed by atoms with E-state index in [2.05, 4.69) is 32.9 Å². The zero-order chi connectivity index (χ0) is 33.5. The topological polar surface area (TPSA) is 129 Å². The van der Waals surface area contributed by atoms with Gasteiger partial charge in [-0.05, 0) is 69.3 Å². The Morgan fingerprint density at radius 2 is 1.74 bits per heavy atom. The minimum Gasteiger partial charge on any atom is -0.344 e. The van der Waals surface area contributed by atoms with Gasteiger partial charge in [-0.3, -0.25) is 23.9 Å². The molecule has 1 aliphatic carbocycles. The van der Waals surface area contributed by atoms with Crippen molar-refractivity contribution in [1.29, 1.82) is 0 Å². The third-order valence-corrected chi connectivity index (χ3v) is 9.64. The Bertz CT molecular complexity index is 1390. The minimum absolute atomic E-state index is 0.0175. The van der Waals surface area contributed by atoms with Crippen LogP contribution < -0.4 is 16.0 Å². The van der Waals surface area contributed by atoms with Crippen molar-refractivity contribution in [3.05, 3.63) is 47.5 Å². The van der Waals surface area contributed by atoms with Gasteiger partial charge in [0, 0.05) is 50.8 Å². The molecule has 0 spiro atoms. The summed E-state index contributed by atoms with van der Waals surface area (Å²) in [5.74, 6) is -2.09. The van der Waals surface area contributed by atoms with Crippen molar-refractivity contribution in [2.24, 2.45) is 11.8 Å². The van der Waals surface area contributed by atoms with E-state index < -0.39 is 35.6 Å². The number of piperazine rings is 1. The first-order valence-electron chi connectivity index (χ1n) is 16.6. The van der Waals surface area contributed by atoms with Crippen LogP contribution in [-0.4, -0.2) is 88.0 Å². The van der Waals surface area contributed by atoms with Gasteiger partial charge in [-0.1, -0.05) is 39.7 Å².